The molecular weight excluding hydrogens is 196 g/mol. The Morgan fingerprint density at radius 1 is 1.00 bits per heavy atom. The van der Waals surface area contributed by atoms with Crippen molar-refractivity contribution in [3.63, 3.8) is 0 Å². The summed E-state index contributed by atoms with van der Waals surface area (Å²) in [5.41, 5.74) is 1.32. The van der Waals surface area contributed by atoms with Crippen LogP contribution in [0.5, 0.6) is 0 Å². The highest BCUT2D eigenvalue weighted by molar-refractivity contribution is 5.44. The van der Waals surface area contributed by atoms with Crippen LogP contribution in [0, 0.1) is 0 Å². The zero-order chi connectivity index (χ0) is 11.6. The van der Waals surface area contributed by atoms with E-state index in [9.17, 15) is 0 Å². The molecule has 0 fully saturated rings. The summed E-state index contributed by atoms with van der Waals surface area (Å²) in [4.78, 5) is 2.33. The first kappa shape index (κ1) is 13.0. The minimum Gasteiger partial charge on any atom is -0.375 e. The predicted octanol–water partition coefficient (Wildman–Crippen LogP) is 2.90. The van der Waals surface area contributed by atoms with E-state index in [2.05, 4.69) is 47.6 Å². The van der Waals surface area contributed by atoms with Gasteiger partial charge in [0.2, 0.25) is 0 Å². The smallest absolute Gasteiger partial charge is 0.0363 e. The molecular formula is C14H24N2. The molecule has 0 spiro atoms. The highest BCUT2D eigenvalue weighted by Crippen LogP contribution is 2.12. The van der Waals surface area contributed by atoms with E-state index in [1.165, 1.54) is 31.4 Å². The van der Waals surface area contributed by atoms with E-state index in [0.29, 0.717) is 0 Å². The number of anilines is 1. The van der Waals surface area contributed by atoms with Crippen LogP contribution in [0.4, 0.5) is 5.69 Å². The molecule has 0 amide bonds. The fourth-order valence-electron chi connectivity index (χ4n) is 1.82. The van der Waals surface area contributed by atoms with Crippen LogP contribution < -0.4 is 10.2 Å². The third-order valence-corrected chi connectivity index (χ3v) is 2.87. The third-order valence-electron chi connectivity index (χ3n) is 2.87. The van der Waals surface area contributed by atoms with Crippen molar-refractivity contribution in [2.24, 2.45) is 0 Å². The zero-order valence-corrected chi connectivity index (χ0v) is 10.6. The molecule has 0 saturated carbocycles. The number of para-hydroxylation sites is 1. The van der Waals surface area contributed by atoms with Crippen molar-refractivity contribution in [1.82, 2.24) is 5.32 Å². The number of hydrogen-bond acceptors (Lipinski definition) is 2. The van der Waals surface area contributed by atoms with Crippen LogP contribution in [0.2, 0.25) is 0 Å². The highest BCUT2D eigenvalue weighted by atomic mass is 15.1. The average Bonchev–Trinajstić information content (AvgIpc) is 2.34. The van der Waals surface area contributed by atoms with Crippen LogP contribution in [0.15, 0.2) is 30.3 Å². The Morgan fingerprint density at radius 2 is 1.69 bits per heavy atom. The molecule has 16 heavy (non-hydrogen) atoms. The van der Waals surface area contributed by atoms with Gasteiger partial charge in [-0.1, -0.05) is 31.0 Å². The van der Waals surface area contributed by atoms with Crippen molar-refractivity contribution < 1.29 is 0 Å². The van der Waals surface area contributed by atoms with Gasteiger partial charge in [0.15, 0.2) is 0 Å². The molecule has 0 aliphatic heterocycles. The van der Waals surface area contributed by atoms with Gasteiger partial charge in [-0.05, 0) is 38.6 Å². The van der Waals surface area contributed by atoms with Crippen molar-refractivity contribution in [3.05, 3.63) is 30.3 Å². The summed E-state index contributed by atoms with van der Waals surface area (Å²) in [6.07, 6.45) is 5.25. The van der Waals surface area contributed by atoms with E-state index in [4.69, 9.17) is 0 Å². The molecule has 0 saturated heterocycles. The lowest BCUT2D eigenvalue weighted by atomic mass is 10.2. The second-order valence-electron chi connectivity index (χ2n) is 4.27. The molecule has 0 aliphatic carbocycles. The molecule has 0 aromatic heterocycles. The maximum atomic E-state index is 3.18. The summed E-state index contributed by atoms with van der Waals surface area (Å²) in [5, 5.41) is 3.18. The molecule has 0 unspecified atom stereocenters. The number of benzene rings is 1. The van der Waals surface area contributed by atoms with Gasteiger partial charge >= 0.3 is 0 Å². The lowest BCUT2D eigenvalue weighted by molar-refractivity contribution is 0.615. The number of hydrogen-bond donors (Lipinski definition) is 1. The average molecular weight is 220 g/mol. The van der Waals surface area contributed by atoms with Crippen LogP contribution in [-0.2, 0) is 0 Å². The summed E-state index contributed by atoms with van der Waals surface area (Å²) in [5.74, 6) is 0. The number of nitrogens with zero attached hydrogens (tertiary/aromatic N) is 1. The Bertz CT molecular complexity index is 259. The second kappa shape index (κ2) is 8.17. The normalized spacial score (nSPS) is 10.4. The molecule has 2 nitrogen and oxygen atoms in total. The van der Waals surface area contributed by atoms with Crippen molar-refractivity contribution in [3.8, 4) is 0 Å². The lowest BCUT2D eigenvalue weighted by Crippen LogP contribution is -2.18. The third kappa shape index (κ3) is 5.17. The summed E-state index contributed by atoms with van der Waals surface area (Å²) < 4.78 is 0. The van der Waals surface area contributed by atoms with Crippen molar-refractivity contribution >= 4 is 5.69 Å². The van der Waals surface area contributed by atoms with E-state index in [-0.39, 0.29) is 0 Å². The van der Waals surface area contributed by atoms with Gasteiger partial charge in [-0.2, -0.15) is 0 Å². The highest BCUT2D eigenvalue weighted by Gasteiger charge is 1.98. The predicted molar refractivity (Wildman–Crippen MR) is 72.1 cm³/mol. The Morgan fingerprint density at radius 3 is 2.38 bits per heavy atom. The molecule has 0 atom stereocenters. The van der Waals surface area contributed by atoms with Gasteiger partial charge in [-0.3, -0.25) is 0 Å². The van der Waals surface area contributed by atoms with Crippen LogP contribution in [0.1, 0.15) is 25.7 Å². The van der Waals surface area contributed by atoms with Crippen LogP contribution >= 0.6 is 0 Å². The Labute approximate surface area is 99.7 Å². The molecule has 0 aliphatic rings. The topological polar surface area (TPSA) is 15.3 Å². The van der Waals surface area contributed by atoms with Gasteiger partial charge in [0.25, 0.3) is 0 Å². The summed E-state index contributed by atoms with van der Waals surface area (Å²) in [6, 6.07) is 10.6. The van der Waals surface area contributed by atoms with Gasteiger partial charge in [0.1, 0.15) is 0 Å². The van der Waals surface area contributed by atoms with Gasteiger partial charge in [0.05, 0.1) is 0 Å². The molecule has 1 aromatic rings. The monoisotopic (exact) mass is 220 g/mol. The number of nitrogens with one attached hydrogen (secondary N) is 1. The number of unbranched alkanes of at least 4 members (excludes halogenated alkanes) is 3. The Balaban J connectivity index is 2.09. The van der Waals surface area contributed by atoms with Gasteiger partial charge in [0, 0.05) is 19.3 Å². The lowest BCUT2D eigenvalue weighted by Gasteiger charge is -2.18. The minimum atomic E-state index is 1.15. The van der Waals surface area contributed by atoms with E-state index in [1.54, 1.807) is 0 Å². The van der Waals surface area contributed by atoms with Crippen molar-refractivity contribution in [2.45, 2.75) is 25.7 Å². The van der Waals surface area contributed by atoms with Gasteiger partial charge < -0.3 is 10.2 Å². The first-order valence-electron chi connectivity index (χ1n) is 6.25. The van der Waals surface area contributed by atoms with E-state index >= 15 is 0 Å². The quantitative estimate of drug-likeness (QED) is 0.678. The van der Waals surface area contributed by atoms with Crippen molar-refractivity contribution in [2.75, 3.05) is 32.1 Å². The minimum absolute atomic E-state index is 1.15. The Hall–Kier alpha value is -1.02. The van der Waals surface area contributed by atoms with Crippen LogP contribution in [0.25, 0.3) is 0 Å². The van der Waals surface area contributed by atoms with Crippen molar-refractivity contribution in [1.29, 1.82) is 0 Å². The molecule has 90 valence electrons. The van der Waals surface area contributed by atoms with E-state index in [1.807, 2.05) is 7.05 Å². The molecule has 1 aromatic carbocycles. The van der Waals surface area contributed by atoms with E-state index < -0.39 is 0 Å². The molecule has 0 radical (unpaired) electrons. The largest absolute Gasteiger partial charge is 0.375 e. The summed E-state index contributed by atoms with van der Waals surface area (Å²) in [6.45, 7) is 2.30. The Kier molecular flexibility index (Phi) is 6.66. The zero-order valence-electron chi connectivity index (χ0n) is 10.6. The van der Waals surface area contributed by atoms with Crippen LogP contribution in [0.3, 0.4) is 0 Å². The van der Waals surface area contributed by atoms with Crippen LogP contribution in [-0.4, -0.2) is 27.2 Å². The first-order valence-corrected chi connectivity index (χ1v) is 6.25. The molecule has 1 rings (SSSR count). The van der Waals surface area contributed by atoms with E-state index in [0.717, 1.165) is 13.1 Å². The molecule has 2 heteroatoms. The van der Waals surface area contributed by atoms with Gasteiger partial charge in [-0.15, -0.1) is 0 Å². The standard InChI is InChI=1S/C14H24N2/c1-15-12-8-3-4-9-13-16(2)14-10-6-5-7-11-14/h5-7,10-11,15H,3-4,8-9,12-13H2,1-2H3. The summed E-state index contributed by atoms with van der Waals surface area (Å²) >= 11 is 0. The molecule has 0 bridgehead atoms. The number of rotatable bonds is 8. The fourth-order valence-corrected chi connectivity index (χ4v) is 1.82. The first-order chi connectivity index (χ1) is 7.84. The molecule has 1 N–H and O–H groups in total. The second-order valence-corrected chi connectivity index (χ2v) is 4.27. The maximum Gasteiger partial charge on any atom is 0.0363 e. The molecule has 0 heterocycles. The maximum absolute atomic E-state index is 3.18. The van der Waals surface area contributed by atoms with Gasteiger partial charge in [-0.25, -0.2) is 0 Å². The summed E-state index contributed by atoms with van der Waals surface area (Å²) in [7, 11) is 4.19. The SMILES string of the molecule is CNCCCCCCN(C)c1ccccc1. The fraction of sp³-hybridized carbons (Fsp3) is 0.571.